The van der Waals surface area contributed by atoms with Gasteiger partial charge in [-0.3, -0.25) is 4.79 Å². The van der Waals surface area contributed by atoms with Crippen molar-refractivity contribution in [3.8, 4) is 11.8 Å². The van der Waals surface area contributed by atoms with Crippen LogP contribution in [0, 0.1) is 25.2 Å². The summed E-state index contributed by atoms with van der Waals surface area (Å²) < 4.78 is 6.86. The van der Waals surface area contributed by atoms with Crippen LogP contribution in [0.2, 0.25) is 0 Å². The van der Waals surface area contributed by atoms with Crippen molar-refractivity contribution in [2.24, 2.45) is 0 Å². The number of rotatable bonds is 6. The molecule has 0 aliphatic heterocycles. The van der Waals surface area contributed by atoms with E-state index in [9.17, 15) is 10.1 Å². The summed E-state index contributed by atoms with van der Waals surface area (Å²) in [6.07, 6.45) is 1.56. The quantitative estimate of drug-likeness (QED) is 0.352. The number of aryl methyl sites for hydroxylation is 2. The Kier molecular flexibility index (Phi) is 7.05. The molecule has 0 unspecified atom stereocenters. The van der Waals surface area contributed by atoms with E-state index in [-0.39, 0.29) is 5.57 Å². The molecule has 0 bridgehead atoms. The second-order valence-corrected chi connectivity index (χ2v) is 7.85. The van der Waals surface area contributed by atoms with Gasteiger partial charge in [0, 0.05) is 10.2 Å². The van der Waals surface area contributed by atoms with Gasteiger partial charge in [-0.2, -0.15) is 5.26 Å². The zero-order chi connectivity index (χ0) is 21.5. The van der Waals surface area contributed by atoms with Gasteiger partial charge in [-0.25, -0.2) is 0 Å². The van der Waals surface area contributed by atoms with Gasteiger partial charge in [-0.1, -0.05) is 57.9 Å². The van der Waals surface area contributed by atoms with Crippen molar-refractivity contribution in [1.29, 1.82) is 5.26 Å². The van der Waals surface area contributed by atoms with Crippen molar-refractivity contribution in [3.05, 3.63) is 99.0 Å². The largest absolute Gasteiger partial charge is 0.489 e. The molecule has 4 nitrogen and oxygen atoms in total. The van der Waals surface area contributed by atoms with Crippen LogP contribution in [0.4, 0.5) is 5.69 Å². The zero-order valence-corrected chi connectivity index (χ0v) is 18.4. The number of hydrogen-bond acceptors (Lipinski definition) is 3. The first-order valence-electron chi connectivity index (χ1n) is 9.42. The van der Waals surface area contributed by atoms with Gasteiger partial charge in [-0.05, 0) is 66.9 Å². The number of nitriles is 1. The SMILES string of the molecule is Cc1ccc(NC(=O)/C(C#N)=C\c2cccc(OCc3ccc(Br)cc3)c2)c(C)c1. The predicted molar refractivity (Wildman–Crippen MR) is 123 cm³/mol. The summed E-state index contributed by atoms with van der Waals surface area (Å²) in [6.45, 7) is 4.34. The first-order chi connectivity index (χ1) is 14.4. The molecular weight excluding hydrogens is 440 g/mol. The lowest BCUT2D eigenvalue weighted by molar-refractivity contribution is -0.112. The van der Waals surface area contributed by atoms with Crippen LogP contribution in [0.3, 0.4) is 0 Å². The van der Waals surface area contributed by atoms with Crippen molar-refractivity contribution < 1.29 is 9.53 Å². The van der Waals surface area contributed by atoms with E-state index in [0.717, 1.165) is 26.7 Å². The minimum absolute atomic E-state index is 0.0278. The zero-order valence-electron chi connectivity index (χ0n) is 16.8. The smallest absolute Gasteiger partial charge is 0.266 e. The maximum Gasteiger partial charge on any atom is 0.266 e. The highest BCUT2D eigenvalue weighted by molar-refractivity contribution is 9.10. The number of carbonyl (C=O) groups is 1. The second-order valence-electron chi connectivity index (χ2n) is 6.93. The Morgan fingerprint density at radius 3 is 2.57 bits per heavy atom. The Balaban J connectivity index is 1.72. The average Bonchev–Trinajstić information content (AvgIpc) is 2.74. The molecule has 3 rings (SSSR count). The van der Waals surface area contributed by atoms with Crippen LogP contribution in [-0.4, -0.2) is 5.91 Å². The molecular formula is C25H21BrN2O2. The van der Waals surface area contributed by atoms with E-state index < -0.39 is 5.91 Å². The van der Waals surface area contributed by atoms with E-state index >= 15 is 0 Å². The molecule has 30 heavy (non-hydrogen) atoms. The number of anilines is 1. The van der Waals surface area contributed by atoms with Crippen molar-refractivity contribution in [1.82, 2.24) is 0 Å². The fourth-order valence-electron chi connectivity index (χ4n) is 2.90. The summed E-state index contributed by atoms with van der Waals surface area (Å²) in [5.41, 5.74) is 4.55. The molecule has 1 amide bonds. The molecule has 0 fully saturated rings. The summed E-state index contributed by atoms with van der Waals surface area (Å²) in [4.78, 5) is 12.6. The molecule has 3 aromatic rings. The minimum atomic E-state index is -0.439. The molecule has 0 atom stereocenters. The topological polar surface area (TPSA) is 62.1 Å². The van der Waals surface area contributed by atoms with Gasteiger partial charge in [0.25, 0.3) is 5.91 Å². The molecule has 0 heterocycles. The lowest BCUT2D eigenvalue weighted by atomic mass is 10.1. The fraction of sp³-hybridized carbons (Fsp3) is 0.120. The number of benzene rings is 3. The third-order valence-corrected chi connectivity index (χ3v) is 5.01. The average molecular weight is 461 g/mol. The van der Waals surface area contributed by atoms with Crippen molar-refractivity contribution >= 4 is 33.6 Å². The molecule has 0 saturated heterocycles. The first-order valence-corrected chi connectivity index (χ1v) is 10.2. The summed E-state index contributed by atoms with van der Waals surface area (Å²) in [6, 6.07) is 22.9. The number of carbonyl (C=O) groups excluding carboxylic acids is 1. The summed E-state index contributed by atoms with van der Waals surface area (Å²) in [7, 11) is 0. The highest BCUT2D eigenvalue weighted by Crippen LogP contribution is 2.20. The highest BCUT2D eigenvalue weighted by Gasteiger charge is 2.11. The highest BCUT2D eigenvalue weighted by atomic mass is 79.9. The van der Waals surface area contributed by atoms with Crippen LogP contribution in [0.1, 0.15) is 22.3 Å². The van der Waals surface area contributed by atoms with E-state index in [1.165, 1.54) is 0 Å². The summed E-state index contributed by atoms with van der Waals surface area (Å²) in [5, 5.41) is 12.3. The molecule has 5 heteroatoms. The van der Waals surface area contributed by atoms with Crippen molar-refractivity contribution in [3.63, 3.8) is 0 Å². The molecule has 0 saturated carbocycles. The van der Waals surface area contributed by atoms with E-state index in [1.54, 1.807) is 12.1 Å². The number of amides is 1. The first kappa shape index (κ1) is 21.4. The van der Waals surface area contributed by atoms with Gasteiger partial charge in [0.1, 0.15) is 24.0 Å². The molecule has 0 spiro atoms. The van der Waals surface area contributed by atoms with E-state index in [4.69, 9.17) is 4.74 Å². The maximum atomic E-state index is 12.6. The van der Waals surface area contributed by atoms with E-state index in [0.29, 0.717) is 18.0 Å². The molecule has 0 aliphatic rings. The lowest BCUT2D eigenvalue weighted by Crippen LogP contribution is -2.14. The maximum absolute atomic E-state index is 12.6. The van der Waals surface area contributed by atoms with Crippen LogP contribution in [0.5, 0.6) is 5.75 Å². The lowest BCUT2D eigenvalue weighted by Gasteiger charge is -2.09. The van der Waals surface area contributed by atoms with Gasteiger partial charge in [0.2, 0.25) is 0 Å². The summed E-state index contributed by atoms with van der Waals surface area (Å²) >= 11 is 3.41. The fourth-order valence-corrected chi connectivity index (χ4v) is 3.16. The van der Waals surface area contributed by atoms with Crippen LogP contribution < -0.4 is 10.1 Å². The number of hydrogen-bond donors (Lipinski definition) is 1. The minimum Gasteiger partial charge on any atom is -0.489 e. The monoisotopic (exact) mass is 460 g/mol. The number of nitrogens with zero attached hydrogens (tertiary/aromatic N) is 1. The van der Waals surface area contributed by atoms with Gasteiger partial charge in [-0.15, -0.1) is 0 Å². The van der Waals surface area contributed by atoms with Crippen LogP contribution in [0.25, 0.3) is 6.08 Å². The molecule has 1 N–H and O–H groups in total. The third-order valence-electron chi connectivity index (χ3n) is 4.48. The standard InChI is InChI=1S/C25H21BrN2O2/c1-17-6-11-24(18(2)12-17)28-25(29)21(15-27)13-20-4-3-5-23(14-20)30-16-19-7-9-22(26)10-8-19/h3-14H,16H2,1-2H3,(H,28,29)/b21-13-. The Morgan fingerprint density at radius 1 is 1.10 bits per heavy atom. The Labute approximate surface area is 184 Å². The second kappa shape index (κ2) is 9.91. The summed E-state index contributed by atoms with van der Waals surface area (Å²) in [5.74, 6) is 0.226. The Morgan fingerprint density at radius 2 is 1.87 bits per heavy atom. The van der Waals surface area contributed by atoms with E-state index in [1.807, 2.05) is 80.6 Å². The van der Waals surface area contributed by atoms with Gasteiger partial charge < -0.3 is 10.1 Å². The Hall–Kier alpha value is -3.36. The third kappa shape index (κ3) is 5.82. The van der Waals surface area contributed by atoms with Gasteiger partial charge in [0.05, 0.1) is 0 Å². The molecule has 0 radical (unpaired) electrons. The molecule has 0 aliphatic carbocycles. The molecule has 0 aromatic heterocycles. The van der Waals surface area contributed by atoms with Crippen LogP contribution >= 0.6 is 15.9 Å². The molecule has 150 valence electrons. The molecule has 3 aromatic carbocycles. The van der Waals surface area contributed by atoms with Crippen molar-refractivity contribution in [2.45, 2.75) is 20.5 Å². The van der Waals surface area contributed by atoms with Gasteiger partial charge >= 0.3 is 0 Å². The van der Waals surface area contributed by atoms with Crippen molar-refractivity contribution in [2.75, 3.05) is 5.32 Å². The van der Waals surface area contributed by atoms with Gasteiger partial charge in [0.15, 0.2) is 0 Å². The number of halogens is 1. The number of ether oxygens (including phenoxy) is 1. The van der Waals surface area contributed by atoms with Crippen LogP contribution in [-0.2, 0) is 11.4 Å². The number of nitrogens with one attached hydrogen (secondary N) is 1. The normalized spacial score (nSPS) is 10.9. The Bertz CT molecular complexity index is 1130. The van der Waals surface area contributed by atoms with E-state index in [2.05, 4.69) is 21.2 Å². The predicted octanol–water partition coefficient (Wildman–Crippen LogP) is 6.19. The van der Waals surface area contributed by atoms with Crippen LogP contribution in [0.15, 0.2) is 76.8 Å².